The maximum atomic E-state index is 10.4. The van der Waals surface area contributed by atoms with Gasteiger partial charge in [0.15, 0.2) is 0 Å². The summed E-state index contributed by atoms with van der Waals surface area (Å²) in [5.74, 6) is 0.633. The van der Waals surface area contributed by atoms with Crippen LogP contribution in [0.1, 0.15) is 29.8 Å². The molecule has 0 radical (unpaired) electrons. The topological polar surface area (TPSA) is 60.2 Å². The molecule has 0 fully saturated rings. The highest BCUT2D eigenvalue weighted by Gasteiger charge is 2.17. The molecular weight excluding hydrogens is 230 g/mol. The van der Waals surface area contributed by atoms with E-state index in [1.165, 1.54) is 0 Å². The highest BCUT2D eigenvalue weighted by atomic mass is 16.5. The molecule has 2 aromatic heterocycles. The van der Waals surface area contributed by atoms with Crippen LogP contribution in [0.2, 0.25) is 0 Å². The third-order valence-corrected chi connectivity index (χ3v) is 2.85. The summed E-state index contributed by atoms with van der Waals surface area (Å²) in [6, 6.07) is 1.78. The van der Waals surface area contributed by atoms with Crippen LogP contribution in [0.4, 0.5) is 0 Å². The summed E-state index contributed by atoms with van der Waals surface area (Å²) in [6.45, 7) is 2.02. The molecule has 0 amide bonds. The van der Waals surface area contributed by atoms with Crippen molar-refractivity contribution in [1.29, 1.82) is 0 Å². The van der Waals surface area contributed by atoms with Gasteiger partial charge in [-0.15, -0.1) is 0 Å². The van der Waals surface area contributed by atoms with Gasteiger partial charge in [-0.1, -0.05) is 6.92 Å². The first-order chi connectivity index (χ1) is 8.65. The number of pyridine rings is 1. The summed E-state index contributed by atoms with van der Waals surface area (Å²) >= 11 is 0. The van der Waals surface area contributed by atoms with E-state index in [-0.39, 0.29) is 0 Å². The lowest BCUT2D eigenvalue weighted by atomic mass is 10.0. The Hall–Kier alpha value is -1.88. The number of hydrogen-bond acceptors (Lipinski definition) is 4. The molecule has 0 saturated carbocycles. The maximum Gasteiger partial charge on any atom is 0.137 e. The quantitative estimate of drug-likeness (QED) is 0.888. The Morgan fingerprint density at radius 3 is 2.89 bits per heavy atom. The van der Waals surface area contributed by atoms with Crippen LogP contribution in [-0.2, 0) is 13.5 Å². The summed E-state index contributed by atoms with van der Waals surface area (Å²) in [4.78, 5) is 4.05. The first-order valence-corrected chi connectivity index (χ1v) is 5.85. The predicted octanol–water partition coefficient (Wildman–Crippen LogP) is 1.47. The molecule has 5 heteroatoms. The summed E-state index contributed by atoms with van der Waals surface area (Å²) in [7, 11) is 3.42. The second-order valence-electron chi connectivity index (χ2n) is 4.12. The molecule has 5 nitrogen and oxygen atoms in total. The van der Waals surface area contributed by atoms with Crippen molar-refractivity contribution in [3.63, 3.8) is 0 Å². The van der Waals surface area contributed by atoms with Gasteiger partial charge in [0.25, 0.3) is 0 Å². The van der Waals surface area contributed by atoms with Gasteiger partial charge in [-0.05, 0) is 12.5 Å². The van der Waals surface area contributed by atoms with Gasteiger partial charge in [-0.2, -0.15) is 5.10 Å². The van der Waals surface area contributed by atoms with Gasteiger partial charge in [-0.3, -0.25) is 9.67 Å². The number of methoxy groups -OCH3 is 1. The van der Waals surface area contributed by atoms with Gasteiger partial charge >= 0.3 is 0 Å². The zero-order chi connectivity index (χ0) is 13.1. The third kappa shape index (κ3) is 2.36. The molecule has 0 aliphatic heterocycles. The summed E-state index contributed by atoms with van der Waals surface area (Å²) < 4.78 is 6.82. The highest BCUT2D eigenvalue weighted by molar-refractivity contribution is 5.33. The van der Waals surface area contributed by atoms with Crippen LogP contribution in [0.15, 0.2) is 24.7 Å². The molecule has 0 aromatic carbocycles. The average molecular weight is 247 g/mol. The SMILES string of the molecule is CCc1nn(C)cc1C(O)c1cncc(OC)c1. The number of aromatic nitrogens is 3. The monoisotopic (exact) mass is 247 g/mol. The average Bonchev–Trinajstić information content (AvgIpc) is 2.79. The molecule has 0 aliphatic carbocycles. The largest absolute Gasteiger partial charge is 0.495 e. The van der Waals surface area contributed by atoms with Crippen molar-refractivity contribution in [3.8, 4) is 5.75 Å². The van der Waals surface area contributed by atoms with E-state index in [9.17, 15) is 5.11 Å². The Morgan fingerprint density at radius 2 is 2.22 bits per heavy atom. The standard InChI is InChI=1S/C13H17N3O2/c1-4-12-11(8-16(2)15-12)13(17)9-5-10(18-3)7-14-6-9/h5-8,13,17H,4H2,1-3H3. The molecule has 2 heterocycles. The van der Waals surface area contributed by atoms with Crippen LogP contribution in [0.5, 0.6) is 5.75 Å². The van der Waals surface area contributed by atoms with E-state index in [0.717, 1.165) is 17.7 Å². The van der Waals surface area contributed by atoms with E-state index < -0.39 is 6.10 Å². The zero-order valence-electron chi connectivity index (χ0n) is 10.8. The molecule has 0 saturated heterocycles. The molecule has 1 atom stereocenters. The summed E-state index contributed by atoms with van der Waals surface area (Å²) in [6.07, 6.45) is 5.14. The van der Waals surface area contributed by atoms with Crippen molar-refractivity contribution in [2.45, 2.75) is 19.4 Å². The van der Waals surface area contributed by atoms with Crippen molar-refractivity contribution in [2.75, 3.05) is 7.11 Å². The molecule has 1 unspecified atom stereocenters. The molecule has 2 aromatic rings. The molecule has 2 rings (SSSR count). The Morgan fingerprint density at radius 1 is 1.44 bits per heavy atom. The van der Waals surface area contributed by atoms with Crippen LogP contribution in [0.3, 0.4) is 0 Å². The molecule has 0 bridgehead atoms. The lowest BCUT2D eigenvalue weighted by Gasteiger charge is -2.11. The number of aryl methyl sites for hydroxylation is 2. The minimum absolute atomic E-state index is 0.633. The summed E-state index contributed by atoms with van der Waals surface area (Å²) in [5.41, 5.74) is 2.42. The second kappa shape index (κ2) is 5.18. The number of hydrogen-bond donors (Lipinski definition) is 1. The van der Waals surface area contributed by atoms with Crippen LogP contribution in [0.25, 0.3) is 0 Å². The molecular formula is C13H17N3O2. The van der Waals surface area contributed by atoms with E-state index in [1.54, 1.807) is 30.3 Å². The highest BCUT2D eigenvalue weighted by Crippen LogP contribution is 2.26. The van der Waals surface area contributed by atoms with Crippen molar-refractivity contribution < 1.29 is 9.84 Å². The fourth-order valence-corrected chi connectivity index (χ4v) is 1.93. The number of rotatable bonds is 4. The van der Waals surface area contributed by atoms with Gasteiger partial charge in [0.1, 0.15) is 11.9 Å². The fourth-order valence-electron chi connectivity index (χ4n) is 1.93. The van der Waals surface area contributed by atoms with E-state index in [1.807, 2.05) is 20.2 Å². The van der Waals surface area contributed by atoms with E-state index in [4.69, 9.17) is 4.74 Å². The predicted molar refractivity (Wildman–Crippen MR) is 67.4 cm³/mol. The lowest BCUT2D eigenvalue weighted by Crippen LogP contribution is -2.02. The number of aliphatic hydroxyl groups excluding tert-OH is 1. The maximum absolute atomic E-state index is 10.4. The molecule has 18 heavy (non-hydrogen) atoms. The minimum Gasteiger partial charge on any atom is -0.495 e. The van der Waals surface area contributed by atoms with Gasteiger partial charge in [0.05, 0.1) is 19.0 Å². The Kier molecular flexibility index (Phi) is 3.62. The second-order valence-corrected chi connectivity index (χ2v) is 4.12. The van der Waals surface area contributed by atoms with E-state index in [2.05, 4.69) is 10.1 Å². The van der Waals surface area contributed by atoms with Crippen LogP contribution < -0.4 is 4.74 Å². The van der Waals surface area contributed by atoms with Crippen LogP contribution in [-0.4, -0.2) is 27.0 Å². The Balaban J connectivity index is 2.37. The van der Waals surface area contributed by atoms with Crippen LogP contribution >= 0.6 is 0 Å². The van der Waals surface area contributed by atoms with Gasteiger partial charge in [0.2, 0.25) is 0 Å². The van der Waals surface area contributed by atoms with E-state index in [0.29, 0.717) is 11.3 Å². The molecule has 1 N–H and O–H groups in total. The van der Waals surface area contributed by atoms with Crippen molar-refractivity contribution in [2.24, 2.45) is 7.05 Å². The van der Waals surface area contributed by atoms with Crippen molar-refractivity contribution in [1.82, 2.24) is 14.8 Å². The number of ether oxygens (including phenoxy) is 1. The van der Waals surface area contributed by atoms with Crippen molar-refractivity contribution in [3.05, 3.63) is 41.5 Å². The molecule has 0 spiro atoms. The van der Waals surface area contributed by atoms with E-state index >= 15 is 0 Å². The normalized spacial score (nSPS) is 12.4. The van der Waals surface area contributed by atoms with Crippen molar-refractivity contribution >= 4 is 0 Å². The lowest BCUT2D eigenvalue weighted by molar-refractivity contribution is 0.218. The minimum atomic E-state index is -0.726. The third-order valence-electron chi connectivity index (χ3n) is 2.85. The fraction of sp³-hybridized carbons (Fsp3) is 0.385. The Labute approximate surface area is 106 Å². The number of aliphatic hydroxyl groups is 1. The number of nitrogens with zero attached hydrogens (tertiary/aromatic N) is 3. The first kappa shape index (κ1) is 12.6. The molecule has 0 aliphatic rings. The Bertz CT molecular complexity index is 537. The summed E-state index contributed by atoms with van der Waals surface area (Å²) in [5, 5.41) is 14.7. The zero-order valence-corrected chi connectivity index (χ0v) is 10.8. The van der Waals surface area contributed by atoms with Gasteiger partial charge in [-0.25, -0.2) is 0 Å². The van der Waals surface area contributed by atoms with Gasteiger partial charge < -0.3 is 9.84 Å². The molecule has 96 valence electrons. The van der Waals surface area contributed by atoms with Crippen LogP contribution in [0, 0.1) is 0 Å². The van der Waals surface area contributed by atoms with Gasteiger partial charge in [0, 0.05) is 30.6 Å². The first-order valence-electron chi connectivity index (χ1n) is 5.85. The smallest absolute Gasteiger partial charge is 0.137 e.